The average Bonchev–Trinajstić information content (AvgIpc) is 2.72. The van der Waals surface area contributed by atoms with E-state index in [0.717, 1.165) is 24.0 Å². The third kappa shape index (κ3) is 6.52. The first-order valence-corrected chi connectivity index (χ1v) is 10.2. The number of nitrogens with zero attached hydrogens (tertiary/aromatic N) is 1. The van der Waals surface area contributed by atoms with Gasteiger partial charge in [-0.25, -0.2) is 0 Å². The van der Waals surface area contributed by atoms with Crippen molar-refractivity contribution in [3.8, 4) is 0 Å². The molecule has 0 bridgehead atoms. The van der Waals surface area contributed by atoms with Crippen molar-refractivity contribution in [3.63, 3.8) is 0 Å². The van der Waals surface area contributed by atoms with Crippen LogP contribution < -0.4 is 5.32 Å². The van der Waals surface area contributed by atoms with E-state index in [2.05, 4.69) is 12.2 Å². The van der Waals surface area contributed by atoms with Crippen LogP contribution in [0.4, 0.5) is 0 Å². The summed E-state index contributed by atoms with van der Waals surface area (Å²) in [4.78, 5) is 27.6. The van der Waals surface area contributed by atoms with E-state index in [1.165, 1.54) is 5.56 Å². The normalized spacial score (nSPS) is 11.7. The predicted octanol–water partition coefficient (Wildman–Crippen LogP) is 4.26. The number of unbranched alkanes of at least 4 members (excludes halogenated alkanes) is 1. The van der Waals surface area contributed by atoms with Gasteiger partial charge in [-0.1, -0.05) is 80.4 Å². The first-order valence-electron chi connectivity index (χ1n) is 10.2. The maximum atomic E-state index is 13.0. The number of amides is 2. The van der Waals surface area contributed by atoms with Crippen molar-refractivity contribution >= 4 is 11.8 Å². The van der Waals surface area contributed by atoms with Crippen molar-refractivity contribution in [2.75, 3.05) is 6.54 Å². The number of hydrogen-bond acceptors (Lipinski definition) is 2. The smallest absolute Gasteiger partial charge is 0.243 e. The number of hydrogen-bond donors (Lipinski definition) is 1. The molecule has 0 saturated carbocycles. The van der Waals surface area contributed by atoms with Gasteiger partial charge in [-0.05, 0) is 24.5 Å². The predicted molar refractivity (Wildman–Crippen MR) is 114 cm³/mol. The highest BCUT2D eigenvalue weighted by Crippen LogP contribution is 2.16. The van der Waals surface area contributed by atoms with Gasteiger partial charge in [0.2, 0.25) is 11.8 Å². The molecule has 0 saturated heterocycles. The lowest BCUT2D eigenvalue weighted by Gasteiger charge is -2.31. The summed E-state index contributed by atoms with van der Waals surface area (Å²) in [6, 6.07) is 17.5. The van der Waals surface area contributed by atoms with Crippen molar-refractivity contribution in [1.29, 1.82) is 0 Å². The third-order valence-electron chi connectivity index (χ3n) is 4.88. The molecule has 4 nitrogen and oxygen atoms in total. The first-order chi connectivity index (χ1) is 13.5. The van der Waals surface area contributed by atoms with Crippen LogP contribution in [0.15, 0.2) is 54.6 Å². The summed E-state index contributed by atoms with van der Waals surface area (Å²) in [5, 5.41) is 3.03. The van der Waals surface area contributed by atoms with E-state index < -0.39 is 6.04 Å². The van der Waals surface area contributed by atoms with Gasteiger partial charge in [0.1, 0.15) is 6.04 Å². The molecule has 0 heterocycles. The van der Waals surface area contributed by atoms with Crippen molar-refractivity contribution < 1.29 is 9.59 Å². The molecular weight excluding hydrogens is 348 g/mol. The largest absolute Gasteiger partial charge is 0.354 e. The number of carbonyl (C=O) groups excluding carboxylic acids is 2. The highest BCUT2D eigenvalue weighted by molar-refractivity contribution is 5.87. The number of benzene rings is 2. The average molecular weight is 381 g/mol. The molecule has 2 aromatic carbocycles. The summed E-state index contributed by atoms with van der Waals surface area (Å²) in [6.45, 7) is 7.06. The fraction of sp³-hybridized carbons (Fsp3) is 0.417. The van der Waals surface area contributed by atoms with E-state index in [0.29, 0.717) is 25.9 Å². The standard InChI is InChI=1S/C24H32N2O2/c1-4-6-16-25-24(28)22(17-20-10-8-7-9-11-20)26(23(27)5-2)18-21-14-12-19(3)13-15-21/h7-15,22H,4-6,16-18H2,1-3H3,(H,25,28). The summed E-state index contributed by atoms with van der Waals surface area (Å²) in [7, 11) is 0. The van der Waals surface area contributed by atoms with E-state index in [1.807, 2.05) is 68.4 Å². The fourth-order valence-electron chi connectivity index (χ4n) is 3.15. The van der Waals surface area contributed by atoms with Crippen LogP contribution in [0.1, 0.15) is 49.8 Å². The van der Waals surface area contributed by atoms with Gasteiger partial charge in [-0.3, -0.25) is 9.59 Å². The molecule has 4 heteroatoms. The van der Waals surface area contributed by atoms with Gasteiger partial charge in [0.05, 0.1) is 0 Å². The summed E-state index contributed by atoms with van der Waals surface area (Å²) < 4.78 is 0. The molecule has 0 spiro atoms. The molecular formula is C24H32N2O2. The first kappa shape index (κ1) is 21.7. The Morgan fingerprint density at radius 3 is 2.25 bits per heavy atom. The second-order valence-electron chi connectivity index (χ2n) is 7.21. The molecule has 0 radical (unpaired) electrons. The lowest BCUT2D eigenvalue weighted by Crippen LogP contribution is -2.50. The molecule has 0 fully saturated rings. The summed E-state index contributed by atoms with van der Waals surface area (Å²) in [5.74, 6) is -0.0848. The van der Waals surface area contributed by atoms with Crippen LogP contribution in [0, 0.1) is 6.92 Å². The zero-order valence-electron chi connectivity index (χ0n) is 17.3. The molecule has 0 aliphatic carbocycles. The van der Waals surface area contributed by atoms with Crippen molar-refractivity contribution in [2.24, 2.45) is 0 Å². The third-order valence-corrected chi connectivity index (χ3v) is 4.88. The van der Waals surface area contributed by atoms with E-state index in [9.17, 15) is 9.59 Å². The molecule has 2 rings (SSSR count). The Kier molecular flexibility index (Phi) is 8.73. The second-order valence-corrected chi connectivity index (χ2v) is 7.21. The molecule has 1 N–H and O–H groups in total. The molecule has 0 aromatic heterocycles. The number of carbonyl (C=O) groups is 2. The van der Waals surface area contributed by atoms with Gasteiger partial charge in [-0.2, -0.15) is 0 Å². The number of rotatable bonds is 10. The summed E-state index contributed by atoms with van der Waals surface area (Å²) in [6.07, 6.45) is 2.84. The van der Waals surface area contributed by atoms with Gasteiger partial charge in [-0.15, -0.1) is 0 Å². The highest BCUT2D eigenvalue weighted by Gasteiger charge is 2.29. The van der Waals surface area contributed by atoms with Gasteiger partial charge >= 0.3 is 0 Å². The molecule has 0 aliphatic heterocycles. The zero-order valence-corrected chi connectivity index (χ0v) is 17.3. The van der Waals surface area contributed by atoms with Crippen LogP contribution in [0.25, 0.3) is 0 Å². The molecule has 2 amide bonds. The number of nitrogens with one attached hydrogen (secondary N) is 1. The van der Waals surface area contributed by atoms with E-state index >= 15 is 0 Å². The maximum absolute atomic E-state index is 13.0. The lowest BCUT2D eigenvalue weighted by atomic mass is 10.0. The van der Waals surface area contributed by atoms with E-state index in [1.54, 1.807) is 4.90 Å². The van der Waals surface area contributed by atoms with Crippen LogP contribution in [0.5, 0.6) is 0 Å². The molecule has 28 heavy (non-hydrogen) atoms. The van der Waals surface area contributed by atoms with E-state index in [4.69, 9.17) is 0 Å². The highest BCUT2D eigenvalue weighted by atomic mass is 16.2. The van der Waals surface area contributed by atoms with Gasteiger partial charge in [0.25, 0.3) is 0 Å². The summed E-state index contributed by atoms with van der Waals surface area (Å²) in [5.41, 5.74) is 3.26. The summed E-state index contributed by atoms with van der Waals surface area (Å²) >= 11 is 0. The monoisotopic (exact) mass is 380 g/mol. The van der Waals surface area contributed by atoms with Crippen LogP contribution in [0.3, 0.4) is 0 Å². The van der Waals surface area contributed by atoms with Gasteiger partial charge in [0, 0.05) is 25.9 Å². The lowest BCUT2D eigenvalue weighted by molar-refractivity contribution is -0.141. The molecule has 150 valence electrons. The Labute approximate surface area is 169 Å². The Morgan fingerprint density at radius 2 is 1.64 bits per heavy atom. The Morgan fingerprint density at radius 1 is 0.964 bits per heavy atom. The van der Waals surface area contributed by atoms with Crippen molar-refractivity contribution in [2.45, 2.75) is 59.0 Å². The van der Waals surface area contributed by atoms with Crippen molar-refractivity contribution in [3.05, 3.63) is 71.3 Å². The van der Waals surface area contributed by atoms with Gasteiger partial charge in [0.15, 0.2) is 0 Å². The quantitative estimate of drug-likeness (QED) is 0.626. The molecule has 0 aliphatic rings. The second kappa shape index (κ2) is 11.3. The topological polar surface area (TPSA) is 49.4 Å². The SMILES string of the molecule is CCCCNC(=O)C(Cc1ccccc1)N(Cc1ccc(C)cc1)C(=O)CC. The fourth-order valence-corrected chi connectivity index (χ4v) is 3.15. The Bertz CT molecular complexity index is 741. The molecule has 1 atom stereocenters. The molecule has 2 aromatic rings. The molecule has 1 unspecified atom stereocenters. The van der Waals surface area contributed by atoms with Gasteiger partial charge < -0.3 is 10.2 Å². The minimum atomic E-state index is -0.520. The zero-order chi connectivity index (χ0) is 20.4. The van der Waals surface area contributed by atoms with Crippen LogP contribution >= 0.6 is 0 Å². The van der Waals surface area contributed by atoms with Crippen molar-refractivity contribution in [1.82, 2.24) is 10.2 Å². The van der Waals surface area contributed by atoms with E-state index in [-0.39, 0.29) is 11.8 Å². The maximum Gasteiger partial charge on any atom is 0.243 e. The minimum absolute atomic E-state index is 0.00727. The van der Waals surface area contributed by atoms with Crippen LogP contribution in [0.2, 0.25) is 0 Å². The minimum Gasteiger partial charge on any atom is -0.354 e. The number of aryl methyl sites for hydroxylation is 1. The Hall–Kier alpha value is -2.62. The van der Waals surface area contributed by atoms with Crippen LogP contribution in [-0.2, 0) is 22.6 Å². The Balaban J connectivity index is 2.28. The van der Waals surface area contributed by atoms with Crippen LogP contribution in [-0.4, -0.2) is 29.3 Å².